The Kier molecular flexibility index (Phi) is 3.57. The van der Waals surface area contributed by atoms with Gasteiger partial charge in [0.2, 0.25) is 0 Å². The molecule has 1 unspecified atom stereocenters. The van der Waals surface area contributed by atoms with Gasteiger partial charge >= 0.3 is 0 Å². The monoisotopic (exact) mass is 159 g/mol. The summed E-state index contributed by atoms with van der Waals surface area (Å²) in [4.78, 5) is 0. The number of hydrogen-bond donors (Lipinski definition) is 1. The van der Waals surface area contributed by atoms with E-state index in [0.29, 0.717) is 0 Å². The van der Waals surface area contributed by atoms with Crippen molar-refractivity contribution in [1.29, 1.82) is 0 Å². The predicted molar refractivity (Wildman–Crippen MR) is 48.1 cm³/mol. The van der Waals surface area contributed by atoms with Crippen LogP contribution in [0.2, 0.25) is 0 Å². The molecule has 0 amide bonds. The quantitative estimate of drug-likeness (QED) is 0.635. The van der Waals surface area contributed by atoms with Gasteiger partial charge in [0.05, 0.1) is 0 Å². The Balaban J connectivity index is 2.01. The summed E-state index contributed by atoms with van der Waals surface area (Å²) < 4.78 is 3.43. The van der Waals surface area contributed by atoms with Crippen molar-refractivity contribution < 1.29 is 0 Å². The Morgan fingerprint density at radius 3 is 2.90 bits per heavy atom. The van der Waals surface area contributed by atoms with E-state index in [1.165, 1.54) is 25.0 Å². The van der Waals surface area contributed by atoms with Gasteiger partial charge in [-0.3, -0.25) is 4.72 Å². The Morgan fingerprint density at radius 1 is 1.60 bits per heavy atom. The van der Waals surface area contributed by atoms with E-state index in [4.69, 9.17) is 0 Å². The van der Waals surface area contributed by atoms with Gasteiger partial charge in [0.1, 0.15) is 0 Å². The van der Waals surface area contributed by atoms with Crippen LogP contribution in [0.25, 0.3) is 0 Å². The van der Waals surface area contributed by atoms with E-state index >= 15 is 0 Å². The number of rotatable bonds is 3. The van der Waals surface area contributed by atoms with Crippen molar-refractivity contribution in [1.82, 2.24) is 4.72 Å². The molecule has 1 heterocycles. The molecule has 2 heteroatoms. The fourth-order valence-corrected chi connectivity index (χ4v) is 2.17. The molecule has 1 aliphatic rings. The van der Waals surface area contributed by atoms with Crippen LogP contribution in [0.15, 0.2) is 0 Å². The van der Waals surface area contributed by atoms with Crippen LogP contribution in [0.4, 0.5) is 0 Å². The topological polar surface area (TPSA) is 12.0 Å². The molecule has 0 bridgehead atoms. The summed E-state index contributed by atoms with van der Waals surface area (Å²) >= 11 is 1.88. The van der Waals surface area contributed by atoms with Gasteiger partial charge in [-0.1, -0.05) is 25.8 Å². The van der Waals surface area contributed by atoms with Crippen LogP contribution in [0, 0.1) is 5.92 Å². The standard InChI is InChI=1S/C8H17NS/c1-7(2)3-4-8-5-6-10-9-8/h7-9H,3-6H2,1-2H3. The smallest absolute Gasteiger partial charge is 0.0180 e. The zero-order chi connectivity index (χ0) is 7.40. The van der Waals surface area contributed by atoms with Gasteiger partial charge in [-0.15, -0.1) is 0 Å². The fourth-order valence-electron chi connectivity index (χ4n) is 1.17. The highest BCUT2D eigenvalue weighted by Gasteiger charge is 2.14. The van der Waals surface area contributed by atoms with E-state index in [0.717, 1.165) is 12.0 Å². The third-order valence-corrected chi connectivity index (χ3v) is 2.85. The lowest BCUT2D eigenvalue weighted by Crippen LogP contribution is -2.16. The molecule has 1 nitrogen and oxygen atoms in total. The molecular weight excluding hydrogens is 142 g/mol. The molecule has 0 spiro atoms. The van der Waals surface area contributed by atoms with Crippen LogP contribution < -0.4 is 4.72 Å². The van der Waals surface area contributed by atoms with Gasteiger partial charge in [-0.25, -0.2) is 0 Å². The van der Waals surface area contributed by atoms with E-state index in [-0.39, 0.29) is 0 Å². The first-order valence-electron chi connectivity index (χ1n) is 4.16. The first kappa shape index (κ1) is 8.41. The molecule has 0 aromatic heterocycles. The zero-order valence-electron chi connectivity index (χ0n) is 6.89. The molecule has 1 atom stereocenters. The van der Waals surface area contributed by atoms with E-state index in [9.17, 15) is 0 Å². The molecule has 1 rings (SSSR count). The molecule has 1 saturated heterocycles. The highest BCUT2D eigenvalue weighted by Crippen LogP contribution is 2.18. The molecule has 0 aromatic carbocycles. The normalized spacial score (nSPS) is 26.1. The maximum Gasteiger partial charge on any atom is 0.0180 e. The maximum atomic E-state index is 3.43. The second kappa shape index (κ2) is 4.24. The molecule has 1 aliphatic heterocycles. The van der Waals surface area contributed by atoms with Gasteiger partial charge in [0.25, 0.3) is 0 Å². The minimum Gasteiger partial charge on any atom is -0.261 e. The van der Waals surface area contributed by atoms with Crippen LogP contribution in [0.3, 0.4) is 0 Å². The molecule has 60 valence electrons. The second-order valence-electron chi connectivity index (χ2n) is 3.42. The van der Waals surface area contributed by atoms with Gasteiger partial charge in [-0.05, 0) is 25.2 Å². The van der Waals surface area contributed by atoms with E-state index in [1.807, 2.05) is 11.9 Å². The van der Waals surface area contributed by atoms with Crippen LogP contribution in [0.1, 0.15) is 33.1 Å². The number of nitrogens with one attached hydrogen (secondary N) is 1. The highest BCUT2D eigenvalue weighted by molar-refractivity contribution is 7.97. The number of hydrogen-bond acceptors (Lipinski definition) is 2. The SMILES string of the molecule is CC(C)CCC1CCSN1. The predicted octanol–water partition coefficient (Wildman–Crippen LogP) is 2.43. The average Bonchev–Trinajstić information content (AvgIpc) is 2.34. The summed E-state index contributed by atoms with van der Waals surface area (Å²) in [6.07, 6.45) is 4.11. The van der Waals surface area contributed by atoms with E-state index < -0.39 is 0 Å². The van der Waals surface area contributed by atoms with Crippen molar-refractivity contribution in [2.75, 3.05) is 5.75 Å². The summed E-state index contributed by atoms with van der Waals surface area (Å²) in [6.45, 7) is 4.59. The minimum atomic E-state index is 0.812. The Labute approximate surface area is 68.1 Å². The summed E-state index contributed by atoms with van der Waals surface area (Å²) in [5.74, 6) is 2.18. The first-order valence-corrected chi connectivity index (χ1v) is 5.15. The third kappa shape index (κ3) is 2.93. The zero-order valence-corrected chi connectivity index (χ0v) is 7.71. The van der Waals surface area contributed by atoms with Crippen LogP contribution in [0.5, 0.6) is 0 Å². The summed E-state index contributed by atoms with van der Waals surface area (Å²) in [5, 5.41) is 0. The van der Waals surface area contributed by atoms with Crippen LogP contribution in [-0.2, 0) is 0 Å². The lowest BCUT2D eigenvalue weighted by Gasteiger charge is -2.09. The fraction of sp³-hybridized carbons (Fsp3) is 1.00. The molecule has 0 aliphatic carbocycles. The summed E-state index contributed by atoms with van der Waals surface area (Å²) in [6, 6.07) is 0.812. The Hall–Kier alpha value is 0.310. The molecule has 0 aromatic rings. The Bertz CT molecular complexity index is 87.3. The average molecular weight is 159 g/mol. The second-order valence-corrected chi connectivity index (χ2v) is 4.36. The first-order chi connectivity index (χ1) is 4.79. The van der Waals surface area contributed by atoms with Crippen molar-refractivity contribution in [3.63, 3.8) is 0 Å². The van der Waals surface area contributed by atoms with Crippen molar-refractivity contribution in [2.45, 2.75) is 39.2 Å². The van der Waals surface area contributed by atoms with Crippen molar-refractivity contribution in [3.05, 3.63) is 0 Å². The largest absolute Gasteiger partial charge is 0.261 e. The summed E-state index contributed by atoms with van der Waals surface area (Å²) in [5.41, 5.74) is 0. The minimum absolute atomic E-state index is 0.812. The lowest BCUT2D eigenvalue weighted by atomic mass is 10.0. The Morgan fingerprint density at radius 2 is 2.40 bits per heavy atom. The van der Waals surface area contributed by atoms with Crippen LogP contribution in [-0.4, -0.2) is 11.8 Å². The molecule has 0 radical (unpaired) electrons. The highest BCUT2D eigenvalue weighted by atomic mass is 32.2. The van der Waals surface area contributed by atoms with Crippen molar-refractivity contribution >= 4 is 11.9 Å². The lowest BCUT2D eigenvalue weighted by molar-refractivity contribution is 0.485. The maximum absolute atomic E-state index is 3.43. The molecule has 1 N–H and O–H groups in total. The van der Waals surface area contributed by atoms with Crippen molar-refractivity contribution in [2.24, 2.45) is 5.92 Å². The third-order valence-electron chi connectivity index (χ3n) is 1.91. The molecular formula is C8H17NS. The molecule has 10 heavy (non-hydrogen) atoms. The molecule has 0 saturated carbocycles. The molecule has 1 fully saturated rings. The van der Waals surface area contributed by atoms with Gasteiger partial charge in [0.15, 0.2) is 0 Å². The van der Waals surface area contributed by atoms with Crippen LogP contribution >= 0.6 is 11.9 Å². The summed E-state index contributed by atoms with van der Waals surface area (Å²) in [7, 11) is 0. The van der Waals surface area contributed by atoms with E-state index in [2.05, 4.69) is 18.6 Å². The van der Waals surface area contributed by atoms with Crippen molar-refractivity contribution in [3.8, 4) is 0 Å². The van der Waals surface area contributed by atoms with E-state index in [1.54, 1.807) is 0 Å². The van der Waals surface area contributed by atoms with Gasteiger partial charge < -0.3 is 0 Å². The van der Waals surface area contributed by atoms with Gasteiger partial charge in [0, 0.05) is 11.8 Å². The van der Waals surface area contributed by atoms with Gasteiger partial charge in [-0.2, -0.15) is 0 Å².